The average molecular weight is 438 g/mol. The molecule has 0 fully saturated rings. The van der Waals surface area contributed by atoms with E-state index in [4.69, 9.17) is 0 Å². The van der Waals surface area contributed by atoms with Crippen LogP contribution in [0.3, 0.4) is 0 Å². The van der Waals surface area contributed by atoms with E-state index < -0.39 is 5.97 Å². The fraction of sp³-hybridized carbons (Fsp3) is 0.500. The molecule has 32 heavy (non-hydrogen) atoms. The Morgan fingerprint density at radius 2 is 1.59 bits per heavy atom. The van der Waals surface area contributed by atoms with Crippen molar-refractivity contribution in [2.75, 3.05) is 5.32 Å². The molecule has 0 aliphatic heterocycles. The smallest absolute Gasteiger partial charge is 0.335 e. The molecular formula is C28H39NO3. The third-order valence-corrected chi connectivity index (χ3v) is 7.10. The van der Waals surface area contributed by atoms with Gasteiger partial charge in [-0.25, -0.2) is 4.79 Å². The minimum atomic E-state index is -1.00. The van der Waals surface area contributed by atoms with Crippen LogP contribution in [-0.2, 0) is 22.0 Å². The number of nitrogens with one attached hydrogen (secondary N) is 1. The number of amides is 1. The van der Waals surface area contributed by atoms with Crippen molar-refractivity contribution >= 4 is 17.6 Å². The Morgan fingerprint density at radius 3 is 2.16 bits per heavy atom. The number of anilines is 1. The molecule has 0 bridgehead atoms. The zero-order valence-electron chi connectivity index (χ0n) is 20.7. The first-order valence-corrected chi connectivity index (χ1v) is 11.7. The van der Waals surface area contributed by atoms with Crippen LogP contribution in [-0.4, -0.2) is 17.0 Å². The van der Waals surface area contributed by atoms with Gasteiger partial charge in [-0.2, -0.15) is 0 Å². The number of rotatable bonds is 10. The molecule has 0 heterocycles. The molecule has 1 unspecified atom stereocenters. The van der Waals surface area contributed by atoms with E-state index in [1.54, 1.807) is 12.1 Å². The summed E-state index contributed by atoms with van der Waals surface area (Å²) in [7, 11) is 0. The molecule has 174 valence electrons. The first kappa shape index (κ1) is 25.6. The second kappa shape index (κ2) is 10.3. The fourth-order valence-corrected chi connectivity index (χ4v) is 3.86. The van der Waals surface area contributed by atoms with Gasteiger partial charge in [-0.15, -0.1) is 0 Å². The number of benzene rings is 2. The van der Waals surface area contributed by atoms with Gasteiger partial charge in [-0.3, -0.25) is 4.79 Å². The van der Waals surface area contributed by atoms with Crippen LogP contribution in [0.15, 0.2) is 42.5 Å². The van der Waals surface area contributed by atoms with Gasteiger partial charge >= 0.3 is 5.97 Å². The number of aromatic carboxylic acids is 1. The molecule has 4 nitrogen and oxygen atoms in total. The third-order valence-electron chi connectivity index (χ3n) is 7.10. The summed E-state index contributed by atoms with van der Waals surface area (Å²) in [5.74, 6) is -1.28. The zero-order chi connectivity index (χ0) is 24.1. The van der Waals surface area contributed by atoms with Crippen LogP contribution in [0.5, 0.6) is 0 Å². The van der Waals surface area contributed by atoms with Crippen molar-refractivity contribution in [3.63, 3.8) is 0 Å². The summed E-state index contributed by atoms with van der Waals surface area (Å²) in [6.07, 6.45) is 3.44. The zero-order valence-corrected chi connectivity index (χ0v) is 20.7. The number of carboxylic acid groups (broad SMARTS) is 1. The molecule has 4 heteroatoms. The molecular weight excluding hydrogens is 398 g/mol. The Kier molecular flexibility index (Phi) is 8.28. The highest BCUT2D eigenvalue weighted by Crippen LogP contribution is 2.36. The van der Waals surface area contributed by atoms with E-state index in [0.717, 1.165) is 12.8 Å². The van der Waals surface area contributed by atoms with Crippen molar-refractivity contribution in [3.05, 3.63) is 64.7 Å². The molecule has 0 saturated heterocycles. The molecule has 0 aromatic heterocycles. The highest BCUT2D eigenvalue weighted by atomic mass is 16.4. The van der Waals surface area contributed by atoms with Crippen LogP contribution in [0, 0.1) is 5.92 Å². The maximum Gasteiger partial charge on any atom is 0.335 e. The average Bonchev–Trinajstić information content (AvgIpc) is 2.77. The molecule has 0 radical (unpaired) electrons. The third kappa shape index (κ3) is 5.99. The summed E-state index contributed by atoms with van der Waals surface area (Å²) in [6, 6.07) is 13.2. The number of carbonyl (C=O) groups is 2. The quantitative estimate of drug-likeness (QED) is 0.422. The molecule has 2 N–H and O–H groups in total. The molecule has 2 aromatic rings. The summed E-state index contributed by atoms with van der Waals surface area (Å²) in [5.41, 5.74) is 4.67. The van der Waals surface area contributed by atoms with E-state index in [1.165, 1.54) is 28.8 Å². The van der Waals surface area contributed by atoms with E-state index in [0.29, 0.717) is 18.5 Å². The second-order valence-electron chi connectivity index (χ2n) is 10.0. The van der Waals surface area contributed by atoms with Gasteiger partial charge in [0, 0.05) is 11.6 Å². The number of hydrogen-bond acceptors (Lipinski definition) is 2. The van der Waals surface area contributed by atoms with Crippen LogP contribution in [0.25, 0.3) is 0 Å². The number of hydrogen-bond donors (Lipinski definition) is 2. The first-order chi connectivity index (χ1) is 14.9. The molecule has 0 spiro atoms. The van der Waals surface area contributed by atoms with Gasteiger partial charge in [0.2, 0.25) is 5.91 Å². The van der Waals surface area contributed by atoms with Crippen LogP contribution in [0.2, 0.25) is 0 Å². The van der Waals surface area contributed by atoms with Crippen molar-refractivity contribution in [3.8, 4) is 0 Å². The van der Waals surface area contributed by atoms with Crippen LogP contribution >= 0.6 is 0 Å². The topological polar surface area (TPSA) is 66.4 Å². The minimum absolute atomic E-state index is 0.0136. The Balaban J connectivity index is 2.34. The first-order valence-electron chi connectivity index (χ1n) is 11.7. The van der Waals surface area contributed by atoms with Crippen molar-refractivity contribution < 1.29 is 14.7 Å². The van der Waals surface area contributed by atoms with Gasteiger partial charge in [0.1, 0.15) is 0 Å². The van der Waals surface area contributed by atoms with Crippen LogP contribution in [0.4, 0.5) is 5.69 Å². The lowest BCUT2D eigenvalue weighted by atomic mass is 9.73. The lowest BCUT2D eigenvalue weighted by Crippen LogP contribution is -2.27. The molecule has 2 rings (SSSR count). The van der Waals surface area contributed by atoms with Gasteiger partial charge in [-0.1, -0.05) is 72.7 Å². The lowest BCUT2D eigenvalue weighted by Gasteiger charge is -2.31. The number of carbonyl (C=O) groups excluding carboxylic acids is 1. The fourth-order valence-electron chi connectivity index (χ4n) is 3.86. The van der Waals surface area contributed by atoms with Gasteiger partial charge in [0.05, 0.1) is 5.56 Å². The molecule has 0 aliphatic carbocycles. The van der Waals surface area contributed by atoms with Crippen LogP contribution in [0.1, 0.15) is 94.8 Å². The normalized spacial score (nSPS) is 13.0. The summed E-state index contributed by atoms with van der Waals surface area (Å²) in [6.45, 7) is 15.5. The van der Waals surface area contributed by atoms with Crippen molar-refractivity contribution in [1.82, 2.24) is 0 Å². The van der Waals surface area contributed by atoms with E-state index in [9.17, 15) is 14.7 Å². The maximum atomic E-state index is 13.1. The Hall–Kier alpha value is -2.62. The van der Waals surface area contributed by atoms with Crippen molar-refractivity contribution in [1.29, 1.82) is 0 Å². The highest BCUT2D eigenvalue weighted by molar-refractivity contribution is 5.95. The van der Waals surface area contributed by atoms with Gasteiger partial charge in [0.15, 0.2) is 0 Å². The Bertz CT molecular complexity index is 959. The van der Waals surface area contributed by atoms with Crippen molar-refractivity contribution in [2.24, 2.45) is 5.92 Å². The molecule has 0 saturated carbocycles. The minimum Gasteiger partial charge on any atom is -0.478 e. The Morgan fingerprint density at radius 1 is 0.938 bits per heavy atom. The van der Waals surface area contributed by atoms with E-state index in [2.05, 4.69) is 65.1 Å². The van der Waals surface area contributed by atoms with E-state index in [-0.39, 0.29) is 28.2 Å². The summed E-state index contributed by atoms with van der Waals surface area (Å²) in [5, 5.41) is 12.1. The molecule has 1 amide bonds. The van der Waals surface area contributed by atoms with Gasteiger partial charge in [-0.05, 0) is 71.4 Å². The summed E-state index contributed by atoms with van der Waals surface area (Å²) < 4.78 is 0. The van der Waals surface area contributed by atoms with Crippen LogP contribution < -0.4 is 5.32 Å². The van der Waals surface area contributed by atoms with E-state index >= 15 is 0 Å². The summed E-state index contributed by atoms with van der Waals surface area (Å²) >= 11 is 0. The summed E-state index contributed by atoms with van der Waals surface area (Å²) in [4.78, 5) is 24.3. The van der Waals surface area contributed by atoms with Crippen molar-refractivity contribution in [2.45, 2.75) is 85.0 Å². The second-order valence-corrected chi connectivity index (χ2v) is 10.0. The molecule has 1 atom stereocenters. The predicted molar refractivity (Wildman–Crippen MR) is 133 cm³/mol. The molecule has 0 aliphatic rings. The monoisotopic (exact) mass is 437 g/mol. The predicted octanol–water partition coefficient (Wildman–Crippen LogP) is 6.97. The van der Waals surface area contributed by atoms with Gasteiger partial charge < -0.3 is 10.4 Å². The highest BCUT2D eigenvalue weighted by Gasteiger charge is 2.28. The Labute approximate surface area is 193 Å². The largest absolute Gasteiger partial charge is 0.478 e. The van der Waals surface area contributed by atoms with Gasteiger partial charge in [0.25, 0.3) is 0 Å². The number of carboxylic acids is 1. The van der Waals surface area contributed by atoms with E-state index in [1.807, 2.05) is 6.92 Å². The lowest BCUT2D eigenvalue weighted by molar-refractivity contribution is -0.119. The standard InChI is InChI=1S/C28H39NO3/c1-8-19(25(30)29-23-13-11-12-21(17-23)26(31)32)16-20-14-15-22(27(4,5)9-2)18-24(20)28(6,7)10-3/h11-15,17-19H,8-10,16H2,1-7H3,(H,29,30)(H,31,32). The molecule has 2 aromatic carbocycles. The maximum absolute atomic E-state index is 13.1. The SMILES string of the molecule is CCC(Cc1ccc(C(C)(C)CC)cc1C(C)(C)CC)C(=O)Nc1cccc(C(=O)O)c1.